The molecule has 0 radical (unpaired) electrons. The summed E-state index contributed by atoms with van der Waals surface area (Å²) in [5.41, 5.74) is 3.48. The summed E-state index contributed by atoms with van der Waals surface area (Å²) < 4.78 is 5.67. The van der Waals surface area contributed by atoms with Crippen molar-refractivity contribution in [2.45, 2.75) is 13.0 Å². The summed E-state index contributed by atoms with van der Waals surface area (Å²) in [4.78, 5) is 15.1. The topological polar surface area (TPSA) is 54.1 Å². The van der Waals surface area contributed by atoms with Crippen LogP contribution < -0.4 is 15.6 Å². The zero-order valence-corrected chi connectivity index (χ0v) is 13.1. The fourth-order valence-electron chi connectivity index (χ4n) is 2.90. The lowest BCUT2D eigenvalue weighted by Crippen LogP contribution is -2.15. The molecular weight excluding hydrogens is 312 g/mol. The third-order valence-corrected chi connectivity index (χ3v) is 4.30. The molecule has 0 unspecified atom stereocenters. The van der Waals surface area contributed by atoms with Crippen molar-refractivity contribution >= 4 is 28.2 Å². The molecule has 2 aromatic carbocycles. The van der Waals surface area contributed by atoms with Gasteiger partial charge in [-0.2, -0.15) is 0 Å². The molecule has 1 aliphatic heterocycles. The highest BCUT2D eigenvalue weighted by molar-refractivity contribution is 6.31. The van der Waals surface area contributed by atoms with Gasteiger partial charge in [0.1, 0.15) is 5.75 Å². The zero-order valence-electron chi connectivity index (χ0n) is 12.4. The Morgan fingerprint density at radius 2 is 2.13 bits per heavy atom. The van der Waals surface area contributed by atoms with Crippen molar-refractivity contribution in [2.75, 3.05) is 11.9 Å². The van der Waals surface area contributed by atoms with Crippen molar-refractivity contribution < 1.29 is 4.74 Å². The molecule has 2 N–H and O–H groups in total. The van der Waals surface area contributed by atoms with Gasteiger partial charge < -0.3 is 15.0 Å². The van der Waals surface area contributed by atoms with Gasteiger partial charge in [0, 0.05) is 34.5 Å². The van der Waals surface area contributed by atoms with E-state index >= 15 is 0 Å². The molecule has 0 saturated heterocycles. The maximum Gasteiger partial charge on any atom is 0.253 e. The van der Waals surface area contributed by atoms with E-state index in [2.05, 4.69) is 16.4 Å². The zero-order chi connectivity index (χ0) is 15.8. The van der Waals surface area contributed by atoms with Gasteiger partial charge in [-0.15, -0.1) is 0 Å². The predicted molar refractivity (Wildman–Crippen MR) is 92.5 cm³/mol. The van der Waals surface area contributed by atoms with Crippen LogP contribution in [0.2, 0.25) is 5.02 Å². The maximum absolute atomic E-state index is 12.2. The van der Waals surface area contributed by atoms with Crippen LogP contribution in [-0.4, -0.2) is 11.6 Å². The van der Waals surface area contributed by atoms with Crippen LogP contribution in [0.4, 0.5) is 5.69 Å². The van der Waals surface area contributed by atoms with Crippen molar-refractivity contribution in [2.24, 2.45) is 0 Å². The van der Waals surface area contributed by atoms with E-state index in [9.17, 15) is 4.79 Å². The maximum atomic E-state index is 12.2. The molecule has 0 bridgehead atoms. The molecule has 0 amide bonds. The minimum Gasteiger partial charge on any atom is -0.491 e. The third-order valence-electron chi connectivity index (χ3n) is 4.07. The van der Waals surface area contributed by atoms with Crippen molar-refractivity contribution in [1.82, 2.24) is 4.98 Å². The van der Waals surface area contributed by atoms with Crippen molar-refractivity contribution in [3.8, 4) is 5.75 Å². The van der Waals surface area contributed by atoms with E-state index in [0.29, 0.717) is 23.7 Å². The molecule has 0 fully saturated rings. The first-order valence-electron chi connectivity index (χ1n) is 7.51. The molecule has 1 aliphatic rings. The van der Waals surface area contributed by atoms with Gasteiger partial charge in [-0.1, -0.05) is 23.7 Å². The monoisotopic (exact) mass is 326 g/mol. The molecule has 1 aromatic heterocycles. The van der Waals surface area contributed by atoms with E-state index in [-0.39, 0.29) is 5.56 Å². The number of anilines is 1. The number of benzene rings is 2. The number of rotatable bonds is 3. The SMILES string of the molecule is O=c1[nH]c2ccc(Cl)cc2cc1CNc1cccc2c1OCC2. The Morgan fingerprint density at radius 3 is 3.04 bits per heavy atom. The minimum absolute atomic E-state index is 0.0965. The standard InChI is InChI=1S/C18H15ClN2O2/c19-14-4-5-15-12(9-14)8-13(18(22)21-15)10-20-16-3-1-2-11-6-7-23-17(11)16/h1-5,8-9,20H,6-7,10H2,(H,21,22). The predicted octanol–water partition coefficient (Wildman–Crippen LogP) is 3.73. The van der Waals surface area contributed by atoms with Crippen molar-refractivity contribution in [3.05, 3.63) is 69.0 Å². The van der Waals surface area contributed by atoms with Crippen LogP contribution in [0.15, 0.2) is 47.3 Å². The minimum atomic E-state index is -0.0965. The number of ether oxygens (including phenoxy) is 1. The highest BCUT2D eigenvalue weighted by atomic mass is 35.5. The summed E-state index contributed by atoms with van der Waals surface area (Å²) in [5, 5.41) is 4.87. The van der Waals surface area contributed by atoms with Crippen LogP contribution in [0, 0.1) is 0 Å². The second-order valence-corrected chi connectivity index (χ2v) is 6.04. The number of aromatic nitrogens is 1. The number of H-pyrrole nitrogens is 1. The van der Waals surface area contributed by atoms with Crippen molar-refractivity contribution in [1.29, 1.82) is 0 Å². The first-order valence-corrected chi connectivity index (χ1v) is 7.88. The molecule has 3 aromatic rings. The molecule has 4 nitrogen and oxygen atoms in total. The van der Waals surface area contributed by atoms with E-state index in [1.807, 2.05) is 30.3 Å². The molecule has 4 rings (SSSR count). The molecule has 0 aliphatic carbocycles. The van der Waals surface area contributed by atoms with Gasteiger partial charge in [-0.3, -0.25) is 4.79 Å². The third kappa shape index (κ3) is 2.66. The second kappa shape index (κ2) is 5.63. The molecule has 0 saturated carbocycles. The quantitative estimate of drug-likeness (QED) is 0.771. The van der Waals surface area contributed by atoms with Gasteiger partial charge >= 0.3 is 0 Å². The normalized spacial score (nSPS) is 12.9. The Labute approximate surface area is 138 Å². The van der Waals surface area contributed by atoms with E-state index in [1.165, 1.54) is 5.56 Å². The number of nitrogens with one attached hydrogen (secondary N) is 2. The number of aromatic amines is 1. The summed E-state index contributed by atoms with van der Waals surface area (Å²) in [7, 11) is 0. The number of para-hydroxylation sites is 1. The van der Waals surface area contributed by atoms with Crippen LogP contribution in [0.3, 0.4) is 0 Å². The molecule has 0 spiro atoms. The summed E-state index contributed by atoms with van der Waals surface area (Å²) in [5.74, 6) is 0.896. The number of fused-ring (bicyclic) bond motifs is 2. The van der Waals surface area contributed by atoms with Crippen LogP contribution in [-0.2, 0) is 13.0 Å². The summed E-state index contributed by atoms with van der Waals surface area (Å²) in [6.45, 7) is 1.14. The first kappa shape index (κ1) is 14.2. The Kier molecular flexibility index (Phi) is 3.46. The molecule has 5 heteroatoms. The Bertz CT molecular complexity index is 949. The average molecular weight is 327 g/mol. The lowest BCUT2D eigenvalue weighted by Gasteiger charge is -2.11. The fourth-order valence-corrected chi connectivity index (χ4v) is 3.08. The molecular formula is C18H15ClN2O2. The number of hydrogen-bond acceptors (Lipinski definition) is 3. The molecule has 2 heterocycles. The van der Waals surface area contributed by atoms with Crippen LogP contribution in [0.1, 0.15) is 11.1 Å². The van der Waals surface area contributed by atoms with Gasteiger partial charge in [-0.05, 0) is 35.9 Å². The van der Waals surface area contributed by atoms with E-state index in [4.69, 9.17) is 16.3 Å². The van der Waals surface area contributed by atoms with Gasteiger partial charge in [0.2, 0.25) is 0 Å². The number of hydrogen-bond donors (Lipinski definition) is 2. The Morgan fingerprint density at radius 1 is 1.22 bits per heavy atom. The van der Waals surface area contributed by atoms with Gasteiger partial charge in [0.15, 0.2) is 0 Å². The van der Waals surface area contributed by atoms with Crippen LogP contribution in [0.25, 0.3) is 10.9 Å². The highest BCUT2D eigenvalue weighted by Crippen LogP contribution is 2.33. The molecule has 23 heavy (non-hydrogen) atoms. The van der Waals surface area contributed by atoms with E-state index in [1.54, 1.807) is 6.07 Å². The van der Waals surface area contributed by atoms with Gasteiger partial charge in [0.05, 0.1) is 12.3 Å². The largest absolute Gasteiger partial charge is 0.491 e. The lowest BCUT2D eigenvalue weighted by atomic mass is 10.1. The van der Waals surface area contributed by atoms with Crippen LogP contribution >= 0.6 is 11.6 Å². The second-order valence-electron chi connectivity index (χ2n) is 5.60. The summed E-state index contributed by atoms with van der Waals surface area (Å²) in [6.07, 6.45) is 0.930. The fraction of sp³-hybridized carbons (Fsp3) is 0.167. The number of pyridine rings is 1. The Balaban J connectivity index is 1.64. The van der Waals surface area contributed by atoms with Crippen LogP contribution in [0.5, 0.6) is 5.75 Å². The first-order chi connectivity index (χ1) is 11.2. The smallest absolute Gasteiger partial charge is 0.253 e. The summed E-state index contributed by atoms with van der Waals surface area (Å²) in [6, 6.07) is 13.3. The van der Waals surface area contributed by atoms with E-state index in [0.717, 1.165) is 28.8 Å². The lowest BCUT2D eigenvalue weighted by molar-refractivity contribution is 0.358. The summed E-state index contributed by atoms with van der Waals surface area (Å²) >= 11 is 6.02. The molecule has 116 valence electrons. The molecule has 0 atom stereocenters. The van der Waals surface area contributed by atoms with E-state index < -0.39 is 0 Å². The Hall–Kier alpha value is -2.46. The highest BCUT2D eigenvalue weighted by Gasteiger charge is 2.15. The average Bonchev–Trinajstić information content (AvgIpc) is 3.02. The van der Waals surface area contributed by atoms with Gasteiger partial charge in [-0.25, -0.2) is 0 Å². The van der Waals surface area contributed by atoms with Crippen molar-refractivity contribution in [3.63, 3.8) is 0 Å². The number of halogens is 1. The van der Waals surface area contributed by atoms with Gasteiger partial charge in [0.25, 0.3) is 5.56 Å².